The van der Waals surface area contributed by atoms with Gasteiger partial charge in [-0.3, -0.25) is 4.79 Å². The van der Waals surface area contributed by atoms with Crippen molar-refractivity contribution in [1.82, 2.24) is 15.6 Å². The van der Waals surface area contributed by atoms with Crippen molar-refractivity contribution in [2.24, 2.45) is 5.92 Å². The lowest BCUT2D eigenvalue weighted by molar-refractivity contribution is -0.121. The maximum absolute atomic E-state index is 11.9. The molecule has 1 atom stereocenters. The van der Waals surface area contributed by atoms with Crippen molar-refractivity contribution < 1.29 is 9.21 Å². The molecule has 1 aliphatic carbocycles. The van der Waals surface area contributed by atoms with Gasteiger partial charge in [-0.05, 0) is 32.2 Å². The molecule has 1 amide bonds. The molecule has 5 nitrogen and oxygen atoms in total. The highest BCUT2D eigenvalue weighted by atomic mass is 35.5. The van der Waals surface area contributed by atoms with E-state index in [2.05, 4.69) is 15.6 Å². The van der Waals surface area contributed by atoms with Crippen LogP contribution in [0, 0.1) is 5.92 Å². The fourth-order valence-corrected chi connectivity index (χ4v) is 2.29. The van der Waals surface area contributed by atoms with Crippen LogP contribution in [-0.4, -0.2) is 24.0 Å². The highest BCUT2D eigenvalue weighted by molar-refractivity contribution is 5.85. The van der Waals surface area contributed by atoms with E-state index < -0.39 is 0 Å². The lowest BCUT2D eigenvalue weighted by atomic mass is 10.2. The molecule has 0 radical (unpaired) electrons. The summed E-state index contributed by atoms with van der Waals surface area (Å²) in [6.45, 7) is 3.14. The van der Waals surface area contributed by atoms with Crippen LogP contribution < -0.4 is 10.6 Å². The van der Waals surface area contributed by atoms with Crippen molar-refractivity contribution in [3.05, 3.63) is 42.4 Å². The molecular weight excluding hydrogens is 314 g/mol. The number of rotatable bonds is 7. The summed E-state index contributed by atoms with van der Waals surface area (Å²) in [4.78, 5) is 16.1. The Morgan fingerprint density at radius 3 is 2.78 bits per heavy atom. The number of aromatic nitrogens is 1. The Morgan fingerprint density at radius 1 is 1.35 bits per heavy atom. The molecule has 1 saturated carbocycles. The minimum Gasteiger partial charge on any atom is -0.438 e. The molecule has 2 aromatic rings. The molecule has 1 aromatic carbocycles. The average molecular weight is 336 g/mol. The third-order valence-corrected chi connectivity index (χ3v) is 3.75. The van der Waals surface area contributed by atoms with Crippen LogP contribution in [0.15, 0.2) is 40.9 Å². The highest BCUT2D eigenvalue weighted by Crippen LogP contribution is 2.27. The van der Waals surface area contributed by atoms with Gasteiger partial charge >= 0.3 is 0 Å². The Morgan fingerprint density at radius 2 is 2.09 bits per heavy atom. The zero-order valence-corrected chi connectivity index (χ0v) is 13.9. The number of halogens is 1. The molecular formula is C17H22ClN3O2. The summed E-state index contributed by atoms with van der Waals surface area (Å²) < 4.78 is 5.74. The van der Waals surface area contributed by atoms with Crippen molar-refractivity contribution >= 4 is 18.3 Å². The van der Waals surface area contributed by atoms with Gasteiger partial charge in [0.15, 0.2) is 5.76 Å². The first-order valence-electron chi connectivity index (χ1n) is 7.73. The second-order valence-corrected chi connectivity index (χ2v) is 5.79. The number of hydrogen-bond donors (Lipinski definition) is 2. The lowest BCUT2D eigenvalue weighted by Crippen LogP contribution is -2.36. The Kier molecular flexibility index (Phi) is 6.19. The van der Waals surface area contributed by atoms with Crippen molar-refractivity contribution in [3.8, 4) is 11.3 Å². The molecule has 0 spiro atoms. The van der Waals surface area contributed by atoms with E-state index in [1.165, 1.54) is 12.8 Å². The summed E-state index contributed by atoms with van der Waals surface area (Å²) in [6, 6.07) is 9.55. The molecule has 1 fully saturated rings. The van der Waals surface area contributed by atoms with E-state index in [1.54, 1.807) is 6.20 Å². The molecule has 1 aromatic heterocycles. The Hall–Kier alpha value is -1.85. The minimum absolute atomic E-state index is 0. The predicted octanol–water partition coefficient (Wildman–Crippen LogP) is 2.94. The van der Waals surface area contributed by atoms with Crippen molar-refractivity contribution in [2.75, 3.05) is 13.1 Å². The first-order valence-corrected chi connectivity index (χ1v) is 7.73. The summed E-state index contributed by atoms with van der Waals surface area (Å²) in [5, 5.41) is 6.07. The van der Waals surface area contributed by atoms with Gasteiger partial charge in [0.2, 0.25) is 11.8 Å². The summed E-state index contributed by atoms with van der Waals surface area (Å²) in [7, 11) is 0. The number of oxazole rings is 1. The lowest BCUT2D eigenvalue weighted by Gasteiger charge is -2.11. The third-order valence-electron chi connectivity index (χ3n) is 3.75. The van der Waals surface area contributed by atoms with Gasteiger partial charge in [-0.1, -0.05) is 30.3 Å². The van der Waals surface area contributed by atoms with E-state index in [4.69, 9.17) is 4.42 Å². The van der Waals surface area contributed by atoms with Crippen LogP contribution in [0.5, 0.6) is 0 Å². The van der Waals surface area contributed by atoms with Gasteiger partial charge in [0.05, 0.1) is 12.7 Å². The topological polar surface area (TPSA) is 67.2 Å². The highest BCUT2D eigenvalue weighted by Gasteiger charge is 2.21. The fourth-order valence-electron chi connectivity index (χ4n) is 2.29. The van der Waals surface area contributed by atoms with Crippen LogP contribution in [0.3, 0.4) is 0 Å². The first kappa shape index (κ1) is 17.5. The molecule has 1 unspecified atom stereocenters. The molecule has 6 heteroatoms. The molecule has 23 heavy (non-hydrogen) atoms. The summed E-state index contributed by atoms with van der Waals surface area (Å²) in [5.74, 6) is 1.97. The monoisotopic (exact) mass is 335 g/mol. The zero-order chi connectivity index (χ0) is 15.4. The van der Waals surface area contributed by atoms with E-state index in [1.807, 2.05) is 37.3 Å². The standard InChI is InChI=1S/C17H21N3O2.ClH/c1-12(20-16(21)11-18-9-13-7-8-13)17-19-10-15(22-17)14-5-3-2-4-6-14;/h2-6,10,12-13,18H,7-9,11H2,1H3,(H,20,21);1H. The van der Waals surface area contributed by atoms with Gasteiger partial charge in [-0.25, -0.2) is 4.98 Å². The molecule has 3 rings (SSSR count). The van der Waals surface area contributed by atoms with Gasteiger partial charge in [0, 0.05) is 5.56 Å². The van der Waals surface area contributed by atoms with E-state index in [0.717, 1.165) is 18.0 Å². The molecule has 1 heterocycles. The maximum atomic E-state index is 11.9. The number of carbonyl (C=O) groups excluding carboxylic acids is 1. The number of amides is 1. The van der Waals surface area contributed by atoms with Crippen LogP contribution in [0.4, 0.5) is 0 Å². The number of carbonyl (C=O) groups is 1. The second-order valence-electron chi connectivity index (χ2n) is 5.79. The Balaban J connectivity index is 0.00000192. The summed E-state index contributed by atoms with van der Waals surface area (Å²) in [5.41, 5.74) is 0.978. The summed E-state index contributed by atoms with van der Waals surface area (Å²) in [6.07, 6.45) is 4.26. The van der Waals surface area contributed by atoms with E-state index in [9.17, 15) is 4.79 Å². The van der Waals surface area contributed by atoms with Gasteiger partial charge < -0.3 is 15.1 Å². The Labute approximate surface area is 142 Å². The average Bonchev–Trinajstić information content (AvgIpc) is 3.21. The molecule has 0 saturated heterocycles. The van der Waals surface area contributed by atoms with Crippen LogP contribution in [0.1, 0.15) is 31.7 Å². The fraction of sp³-hybridized carbons (Fsp3) is 0.412. The van der Waals surface area contributed by atoms with Crippen LogP contribution in [0.2, 0.25) is 0 Å². The van der Waals surface area contributed by atoms with E-state index in [0.29, 0.717) is 18.2 Å². The largest absolute Gasteiger partial charge is 0.438 e. The van der Waals surface area contributed by atoms with E-state index >= 15 is 0 Å². The SMILES string of the molecule is CC(NC(=O)CNCC1CC1)c1ncc(-c2ccccc2)o1.Cl. The second kappa shape index (κ2) is 8.13. The maximum Gasteiger partial charge on any atom is 0.234 e. The molecule has 124 valence electrons. The first-order chi connectivity index (χ1) is 10.7. The van der Waals surface area contributed by atoms with E-state index in [-0.39, 0.29) is 24.4 Å². The van der Waals surface area contributed by atoms with Crippen molar-refractivity contribution in [1.29, 1.82) is 0 Å². The Bertz CT molecular complexity index is 626. The van der Waals surface area contributed by atoms with Crippen molar-refractivity contribution in [2.45, 2.75) is 25.8 Å². The zero-order valence-electron chi connectivity index (χ0n) is 13.1. The van der Waals surface area contributed by atoms with Crippen LogP contribution >= 0.6 is 12.4 Å². The minimum atomic E-state index is -0.243. The van der Waals surface area contributed by atoms with Crippen molar-refractivity contribution in [3.63, 3.8) is 0 Å². The van der Waals surface area contributed by atoms with Gasteiger partial charge in [-0.15, -0.1) is 12.4 Å². The predicted molar refractivity (Wildman–Crippen MR) is 91.3 cm³/mol. The van der Waals surface area contributed by atoms with Crippen LogP contribution in [0.25, 0.3) is 11.3 Å². The van der Waals surface area contributed by atoms with Crippen LogP contribution in [-0.2, 0) is 4.79 Å². The molecule has 0 bridgehead atoms. The smallest absolute Gasteiger partial charge is 0.234 e. The normalized spacial score (nSPS) is 14.8. The van der Waals surface area contributed by atoms with Gasteiger partial charge in [0.1, 0.15) is 6.04 Å². The number of nitrogens with one attached hydrogen (secondary N) is 2. The van der Waals surface area contributed by atoms with Gasteiger partial charge in [0.25, 0.3) is 0 Å². The molecule has 0 aliphatic heterocycles. The molecule has 2 N–H and O–H groups in total. The summed E-state index contributed by atoms with van der Waals surface area (Å²) >= 11 is 0. The number of nitrogens with zero attached hydrogens (tertiary/aromatic N) is 1. The molecule has 1 aliphatic rings. The third kappa shape index (κ3) is 5.08. The number of benzene rings is 1. The number of hydrogen-bond acceptors (Lipinski definition) is 4. The van der Waals surface area contributed by atoms with Gasteiger partial charge in [-0.2, -0.15) is 0 Å². The quantitative estimate of drug-likeness (QED) is 0.816.